The van der Waals surface area contributed by atoms with Crippen LogP contribution < -0.4 is 0 Å². The fourth-order valence-corrected chi connectivity index (χ4v) is 6.80. The van der Waals surface area contributed by atoms with E-state index in [0.717, 1.165) is 0 Å². The maximum absolute atomic E-state index is 6.93. The highest BCUT2D eigenvalue weighted by molar-refractivity contribution is 8.06. The molecule has 0 atom stereocenters. The molecule has 0 N–H and O–H groups in total. The fourth-order valence-electron chi connectivity index (χ4n) is 2.26. The van der Waals surface area contributed by atoms with Crippen molar-refractivity contribution in [3.63, 3.8) is 0 Å². The van der Waals surface area contributed by atoms with Crippen LogP contribution in [-0.4, -0.2) is 5.16 Å². The van der Waals surface area contributed by atoms with Crippen molar-refractivity contribution in [3.05, 3.63) is 21.8 Å². The van der Waals surface area contributed by atoms with Gasteiger partial charge in [0, 0.05) is 0 Å². The van der Waals surface area contributed by atoms with E-state index in [1.165, 1.54) is 21.8 Å². The van der Waals surface area contributed by atoms with Gasteiger partial charge >= 0.3 is 0 Å². The molecule has 0 radical (unpaired) electrons. The van der Waals surface area contributed by atoms with Crippen molar-refractivity contribution in [1.82, 2.24) is 0 Å². The molecule has 1 aliphatic rings. The Balaban J connectivity index is 3.42. The quantitative estimate of drug-likeness (QED) is 0.479. The molecule has 2 heteroatoms. The molecule has 1 rings (SSSR count). The van der Waals surface area contributed by atoms with E-state index in [1.807, 2.05) is 0 Å². The van der Waals surface area contributed by atoms with Gasteiger partial charge in [0.05, 0.1) is 27.0 Å². The van der Waals surface area contributed by atoms with Gasteiger partial charge in [0.1, 0.15) is 0 Å². The Morgan fingerprint density at radius 3 is 1.29 bits per heavy atom. The molecule has 0 saturated heterocycles. The van der Waals surface area contributed by atoms with E-state index in [-0.39, 0.29) is 5.16 Å². The lowest BCUT2D eigenvalue weighted by atomic mass is 10.1. The summed E-state index contributed by atoms with van der Waals surface area (Å²) in [5.74, 6) is 0. The summed E-state index contributed by atoms with van der Waals surface area (Å²) in [5.41, 5.74) is 2.83. The first kappa shape index (κ1) is 12.3. The molecule has 80 valence electrons. The molecule has 1 aliphatic heterocycles. The summed E-state index contributed by atoms with van der Waals surface area (Å²) < 4.78 is 0. The topological polar surface area (TPSA) is 0 Å². The minimum atomic E-state index is -1.57. The first-order chi connectivity index (χ1) is 6.14. The lowest BCUT2D eigenvalue weighted by Crippen LogP contribution is -2.16. The molecular formula is C12H21ClP+. The van der Waals surface area contributed by atoms with E-state index in [9.17, 15) is 0 Å². The van der Waals surface area contributed by atoms with Crippen LogP contribution in [0.15, 0.2) is 21.8 Å². The molecule has 0 bridgehead atoms. The lowest BCUT2D eigenvalue weighted by molar-refractivity contribution is 0.785. The van der Waals surface area contributed by atoms with Gasteiger partial charge in [-0.25, -0.2) is 0 Å². The maximum atomic E-state index is 6.93. The Morgan fingerprint density at radius 1 is 0.857 bits per heavy atom. The van der Waals surface area contributed by atoms with Gasteiger partial charge in [-0.2, -0.15) is 0 Å². The Kier molecular flexibility index (Phi) is 2.94. The van der Waals surface area contributed by atoms with Gasteiger partial charge < -0.3 is 0 Å². The van der Waals surface area contributed by atoms with Crippen molar-refractivity contribution in [2.75, 3.05) is 0 Å². The number of allylic oxidation sites excluding steroid dienone is 4. The van der Waals surface area contributed by atoms with Gasteiger partial charge in [-0.05, 0) is 59.6 Å². The third-order valence-electron chi connectivity index (χ3n) is 3.50. The van der Waals surface area contributed by atoms with E-state index in [0.29, 0.717) is 0 Å². The minimum Gasteiger partial charge on any atom is -0.0358 e. The average Bonchev–Trinajstić information content (AvgIpc) is 2.21. The highest BCUT2D eigenvalue weighted by Gasteiger charge is 2.57. The average molecular weight is 232 g/mol. The zero-order chi connectivity index (χ0) is 11.3. The SMILES string of the molecule is CC1=C(C)[P+](Cl)(C(C)(C)C)C(C)=C1C. The molecular weight excluding hydrogens is 211 g/mol. The molecule has 14 heavy (non-hydrogen) atoms. The first-order valence-electron chi connectivity index (χ1n) is 5.09. The summed E-state index contributed by atoms with van der Waals surface area (Å²) in [7, 11) is 0. The predicted molar refractivity (Wildman–Crippen MR) is 69.3 cm³/mol. The summed E-state index contributed by atoms with van der Waals surface area (Å²) in [4.78, 5) is 0. The number of hydrogen-bond acceptors (Lipinski definition) is 0. The highest BCUT2D eigenvalue weighted by Crippen LogP contribution is 2.86. The van der Waals surface area contributed by atoms with Crippen LogP contribution in [-0.2, 0) is 0 Å². The van der Waals surface area contributed by atoms with E-state index in [2.05, 4.69) is 48.5 Å². The van der Waals surface area contributed by atoms with Crippen LogP contribution in [0.4, 0.5) is 0 Å². The normalized spacial score (nSPS) is 22.3. The van der Waals surface area contributed by atoms with Crippen LogP contribution >= 0.6 is 17.9 Å². The molecule has 0 aromatic rings. The lowest BCUT2D eigenvalue weighted by Gasteiger charge is -2.30. The maximum Gasteiger partial charge on any atom is 0.174 e. The Hall–Kier alpha value is 0.200. The number of rotatable bonds is 0. The smallest absolute Gasteiger partial charge is 0.0358 e. The monoisotopic (exact) mass is 231 g/mol. The van der Waals surface area contributed by atoms with Crippen molar-refractivity contribution >= 4 is 17.9 Å². The van der Waals surface area contributed by atoms with Crippen molar-refractivity contribution in [2.45, 2.75) is 53.6 Å². The van der Waals surface area contributed by atoms with E-state index >= 15 is 0 Å². The summed E-state index contributed by atoms with van der Waals surface area (Å²) >= 11 is 6.93. The predicted octanol–water partition coefficient (Wildman–Crippen LogP) is 5.56. The Bertz CT molecular complexity index is 305. The summed E-state index contributed by atoms with van der Waals surface area (Å²) in [6.07, 6.45) is 0. The second-order valence-corrected chi connectivity index (χ2v) is 10.6. The molecule has 0 aromatic heterocycles. The van der Waals surface area contributed by atoms with E-state index in [1.54, 1.807) is 0 Å². The van der Waals surface area contributed by atoms with Crippen LogP contribution in [0.25, 0.3) is 0 Å². The largest absolute Gasteiger partial charge is 0.174 e. The summed E-state index contributed by atoms with van der Waals surface area (Å²) in [5, 5.41) is 3.05. The third-order valence-corrected chi connectivity index (χ3v) is 10.9. The van der Waals surface area contributed by atoms with Crippen LogP contribution in [0.1, 0.15) is 48.5 Å². The second-order valence-electron chi connectivity index (χ2n) is 5.18. The van der Waals surface area contributed by atoms with Crippen LogP contribution in [0, 0.1) is 0 Å². The van der Waals surface area contributed by atoms with Crippen LogP contribution in [0.5, 0.6) is 0 Å². The zero-order valence-electron chi connectivity index (χ0n) is 10.3. The number of halogens is 1. The molecule has 0 nitrogen and oxygen atoms in total. The van der Waals surface area contributed by atoms with Crippen molar-refractivity contribution in [2.24, 2.45) is 0 Å². The van der Waals surface area contributed by atoms with Crippen molar-refractivity contribution < 1.29 is 0 Å². The third kappa shape index (κ3) is 1.39. The molecule has 0 amide bonds. The molecule has 0 aromatic carbocycles. The van der Waals surface area contributed by atoms with E-state index in [4.69, 9.17) is 11.2 Å². The summed E-state index contributed by atoms with van der Waals surface area (Å²) in [6.45, 7) is 14.0. The molecule has 0 saturated carbocycles. The van der Waals surface area contributed by atoms with Crippen molar-refractivity contribution in [1.29, 1.82) is 0 Å². The molecule has 0 fully saturated rings. The fraction of sp³-hybridized carbons (Fsp3) is 0.667. The molecule has 0 unspecified atom stereocenters. The molecule has 0 spiro atoms. The van der Waals surface area contributed by atoms with Gasteiger partial charge in [0.25, 0.3) is 0 Å². The van der Waals surface area contributed by atoms with Gasteiger partial charge in [0.2, 0.25) is 0 Å². The molecule has 1 heterocycles. The Labute approximate surface area is 93.5 Å². The second kappa shape index (κ2) is 3.35. The zero-order valence-corrected chi connectivity index (χ0v) is 12.0. The van der Waals surface area contributed by atoms with Crippen LogP contribution in [0.2, 0.25) is 0 Å². The number of hydrogen-bond donors (Lipinski definition) is 0. The highest BCUT2D eigenvalue weighted by atomic mass is 35.7. The molecule has 0 aliphatic carbocycles. The van der Waals surface area contributed by atoms with Gasteiger partial charge in [0.15, 0.2) is 6.62 Å². The van der Waals surface area contributed by atoms with E-state index < -0.39 is 6.62 Å². The Morgan fingerprint density at radius 2 is 1.14 bits per heavy atom. The first-order valence-corrected chi connectivity index (χ1v) is 7.78. The van der Waals surface area contributed by atoms with Gasteiger partial charge in [-0.3, -0.25) is 0 Å². The standard InChI is InChI=1S/C12H21ClP/c1-8-9(2)11(4)14(13,10(8)3)12(5,6)7/h1-7H3/q+1. The summed E-state index contributed by atoms with van der Waals surface area (Å²) in [6, 6.07) is 0. The van der Waals surface area contributed by atoms with Crippen molar-refractivity contribution in [3.8, 4) is 0 Å². The minimum absolute atomic E-state index is 0.182. The van der Waals surface area contributed by atoms with Crippen LogP contribution in [0.3, 0.4) is 0 Å². The van der Waals surface area contributed by atoms with Gasteiger partial charge in [-0.15, -0.1) is 0 Å². The van der Waals surface area contributed by atoms with Gasteiger partial charge in [-0.1, -0.05) is 0 Å².